The van der Waals surface area contributed by atoms with E-state index in [4.69, 9.17) is 14.2 Å². The molecule has 0 aliphatic rings. The van der Waals surface area contributed by atoms with Crippen molar-refractivity contribution in [3.05, 3.63) is 59.2 Å². The number of rotatable bonds is 14. The van der Waals surface area contributed by atoms with Crippen LogP contribution in [-0.2, 0) is 21.4 Å². The zero-order valence-electron chi connectivity index (χ0n) is 22.3. The second-order valence-corrected chi connectivity index (χ2v) is 9.32. The number of hydrogen-bond donors (Lipinski definition) is 0. The minimum Gasteiger partial charge on any atom is -0.493 e. The Balaban J connectivity index is 2.09. The lowest BCUT2D eigenvalue weighted by Crippen LogP contribution is -2.42. The van der Waals surface area contributed by atoms with Gasteiger partial charge in [-0.25, -0.2) is 0 Å². The van der Waals surface area contributed by atoms with Gasteiger partial charge in [-0.05, 0) is 62.0 Å². The van der Waals surface area contributed by atoms with E-state index in [2.05, 4.69) is 25.8 Å². The molecule has 0 N–H and O–H groups in total. The van der Waals surface area contributed by atoms with E-state index in [0.29, 0.717) is 24.3 Å². The number of likely N-dealkylation sites (N-methyl/N-ethyl adjacent to an activating group) is 1. The molecule has 0 aliphatic heterocycles. The second kappa shape index (κ2) is 13.3. The van der Waals surface area contributed by atoms with Gasteiger partial charge in [0.15, 0.2) is 17.3 Å². The van der Waals surface area contributed by atoms with E-state index in [1.807, 2.05) is 49.4 Å². The van der Waals surface area contributed by atoms with Crippen molar-refractivity contribution in [2.45, 2.75) is 51.9 Å². The molecule has 0 saturated carbocycles. The van der Waals surface area contributed by atoms with Crippen LogP contribution in [0.1, 0.15) is 61.5 Å². The quantitative estimate of drug-likeness (QED) is 0.268. The lowest BCUT2D eigenvalue weighted by molar-refractivity contribution is -0.150. The molecule has 0 radical (unpaired) electrons. The summed E-state index contributed by atoms with van der Waals surface area (Å²) in [6.45, 7) is 7.74. The van der Waals surface area contributed by atoms with Gasteiger partial charge in [-0.15, -0.1) is 0 Å². The van der Waals surface area contributed by atoms with Gasteiger partial charge in [0, 0.05) is 18.5 Å². The summed E-state index contributed by atoms with van der Waals surface area (Å²) in [5, 5.41) is 0. The Morgan fingerprint density at radius 1 is 0.943 bits per heavy atom. The normalized spacial score (nSPS) is 12.9. The Morgan fingerprint density at radius 2 is 1.60 bits per heavy atom. The average molecular weight is 484 g/mol. The van der Waals surface area contributed by atoms with Crippen molar-refractivity contribution in [1.29, 1.82) is 0 Å². The number of ketones is 1. The zero-order chi connectivity index (χ0) is 26.0. The van der Waals surface area contributed by atoms with Crippen LogP contribution in [0.5, 0.6) is 11.5 Å². The van der Waals surface area contributed by atoms with Crippen LogP contribution in [0.25, 0.3) is 0 Å². The van der Waals surface area contributed by atoms with Gasteiger partial charge in [0.05, 0.1) is 26.7 Å². The van der Waals surface area contributed by atoms with Crippen molar-refractivity contribution in [3.63, 3.8) is 0 Å². The number of esters is 1. The third-order valence-electron chi connectivity index (χ3n) is 6.92. The molecule has 0 aromatic heterocycles. The molecule has 1 atom stereocenters. The molecule has 35 heavy (non-hydrogen) atoms. The lowest BCUT2D eigenvalue weighted by atomic mass is 9.68. The minimum atomic E-state index is -0.781. The first-order valence-electron chi connectivity index (χ1n) is 12.3. The summed E-state index contributed by atoms with van der Waals surface area (Å²) in [7, 11) is 6.75. The highest BCUT2D eigenvalue weighted by Gasteiger charge is 2.44. The van der Waals surface area contributed by atoms with Crippen LogP contribution in [0.4, 0.5) is 0 Å². The Labute approximate surface area is 210 Å². The highest BCUT2D eigenvalue weighted by molar-refractivity contribution is 5.95. The summed E-state index contributed by atoms with van der Waals surface area (Å²) in [6.07, 6.45) is 2.92. The number of carbonyl (C=O) groups is 2. The van der Waals surface area contributed by atoms with E-state index in [1.54, 1.807) is 14.2 Å². The fraction of sp³-hybridized carbons (Fsp3) is 0.517. The van der Waals surface area contributed by atoms with Gasteiger partial charge in [0.1, 0.15) is 0 Å². The zero-order valence-corrected chi connectivity index (χ0v) is 22.3. The molecule has 1 unspecified atom stereocenters. The van der Waals surface area contributed by atoms with E-state index >= 15 is 0 Å². The fourth-order valence-corrected chi connectivity index (χ4v) is 4.64. The van der Waals surface area contributed by atoms with E-state index in [-0.39, 0.29) is 17.7 Å². The Kier molecular flexibility index (Phi) is 10.8. The van der Waals surface area contributed by atoms with Crippen molar-refractivity contribution in [2.75, 3.05) is 41.5 Å². The maximum absolute atomic E-state index is 13.2. The predicted molar refractivity (Wildman–Crippen MR) is 140 cm³/mol. The molecule has 6 nitrogen and oxygen atoms in total. The second-order valence-electron chi connectivity index (χ2n) is 9.32. The molecule has 0 spiro atoms. The van der Waals surface area contributed by atoms with Crippen molar-refractivity contribution in [1.82, 2.24) is 4.90 Å². The summed E-state index contributed by atoms with van der Waals surface area (Å²) >= 11 is 0. The van der Waals surface area contributed by atoms with Crippen LogP contribution < -0.4 is 9.47 Å². The van der Waals surface area contributed by atoms with Crippen LogP contribution in [0, 0.1) is 5.92 Å². The maximum atomic E-state index is 13.2. The van der Waals surface area contributed by atoms with Crippen molar-refractivity contribution < 1.29 is 23.8 Å². The molecule has 0 bridgehead atoms. The fourth-order valence-electron chi connectivity index (χ4n) is 4.64. The van der Waals surface area contributed by atoms with Crippen LogP contribution >= 0.6 is 0 Å². The van der Waals surface area contributed by atoms with E-state index in [9.17, 15) is 9.59 Å². The van der Waals surface area contributed by atoms with Gasteiger partial charge in [0.25, 0.3) is 0 Å². The molecule has 2 aromatic rings. The number of carbonyl (C=O) groups excluding carboxylic acids is 2. The van der Waals surface area contributed by atoms with Gasteiger partial charge in [-0.2, -0.15) is 0 Å². The van der Waals surface area contributed by atoms with Gasteiger partial charge >= 0.3 is 5.97 Å². The molecular formula is C29H41NO5. The topological polar surface area (TPSA) is 65.1 Å². The summed E-state index contributed by atoms with van der Waals surface area (Å²) in [4.78, 5) is 27.3. The number of Topliss-reactive ketones (excluding diaryl/α,β-unsaturated/α-hetero) is 1. The molecule has 2 rings (SSSR count). The van der Waals surface area contributed by atoms with Crippen LogP contribution in [-0.4, -0.2) is 58.1 Å². The lowest BCUT2D eigenvalue weighted by Gasteiger charge is -2.36. The number of hydrogen-bond acceptors (Lipinski definition) is 6. The van der Waals surface area contributed by atoms with Crippen LogP contribution in [0.15, 0.2) is 42.5 Å². The van der Waals surface area contributed by atoms with Gasteiger partial charge < -0.3 is 19.1 Å². The number of ether oxygens (including phenoxy) is 3. The molecule has 0 fully saturated rings. The third-order valence-corrected chi connectivity index (χ3v) is 6.92. The van der Waals surface area contributed by atoms with Crippen molar-refractivity contribution in [2.24, 2.45) is 5.92 Å². The first-order chi connectivity index (χ1) is 16.7. The smallest absolute Gasteiger partial charge is 0.316 e. The molecule has 0 amide bonds. The van der Waals surface area contributed by atoms with E-state index in [1.165, 1.54) is 12.7 Å². The van der Waals surface area contributed by atoms with Crippen LogP contribution in [0.3, 0.4) is 0 Å². The highest BCUT2D eigenvalue weighted by Crippen LogP contribution is 2.41. The molecular weight excluding hydrogens is 442 g/mol. The maximum Gasteiger partial charge on any atom is 0.316 e. The monoisotopic (exact) mass is 483 g/mol. The number of benzene rings is 2. The number of nitrogens with zero attached hydrogens (tertiary/aromatic N) is 1. The van der Waals surface area contributed by atoms with E-state index < -0.39 is 5.41 Å². The number of methoxy groups -OCH3 is 3. The molecule has 0 heterocycles. The summed E-state index contributed by atoms with van der Waals surface area (Å²) < 4.78 is 16.2. The molecule has 6 heteroatoms. The molecule has 0 aliphatic carbocycles. The van der Waals surface area contributed by atoms with Crippen molar-refractivity contribution >= 4 is 11.8 Å². The largest absolute Gasteiger partial charge is 0.493 e. The molecule has 2 aromatic carbocycles. The third kappa shape index (κ3) is 6.85. The standard InChI is InChI=1S/C29H41NO5/c1-8-25(31)23-12-10-22(11-13-23)16-19-30(4)18-9-17-29(21(2)3,28(32)35-7)24-14-15-26(33-5)27(20-24)34-6/h10-15,20-21H,8-9,16-19H2,1-7H3. The Hall–Kier alpha value is -2.86. The molecule has 0 saturated heterocycles. The minimum absolute atomic E-state index is 0.0303. The summed E-state index contributed by atoms with van der Waals surface area (Å²) in [5.41, 5.74) is 2.08. The van der Waals surface area contributed by atoms with Gasteiger partial charge in [0.2, 0.25) is 0 Å². The van der Waals surface area contributed by atoms with E-state index in [0.717, 1.165) is 37.1 Å². The Morgan fingerprint density at radius 3 is 2.14 bits per heavy atom. The van der Waals surface area contributed by atoms with Gasteiger partial charge in [-0.3, -0.25) is 9.59 Å². The summed E-state index contributed by atoms with van der Waals surface area (Å²) in [6, 6.07) is 13.6. The average Bonchev–Trinajstić information content (AvgIpc) is 2.88. The van der Waals surface area contributed by atoms with Gasteiger partial charge in [-0.1, -0.05) is 51.1 Å². The Bertz CT molecular complexity index is 970. The first-order valence-corrected chi connectivity index (χ1v) is 12.3. The highest BCUT2D eigenvalue weighted by atomic mass is 16.5. The summed E-state index contributed by atoms with van der Waals surface area (Å²) in [5.74, 6) is 1.20. The molecule has 192 valence electrons. The van der Waals surface area contributed by atoms with Crippen LogP contribution in [0.2, 0.25) is 0 Å². The predicted octanol–water partition coefficient (Wildman–Crippen LogP) is 5.32. The first kappa shape index (κ1) is 28.4. The SMILES string of the molecule is CCC(=O)c1ccc(CCN(C)CCCC(C(=O)OC)(c2ccc(OC)c(OC)c2)C(C)C)cc1. The van der Waals surface area contributed by atoms with Crippen molar-refractivity contribution in [3.8, 4) is 11.5 Å².